The fourth-order valence-electron chi connectivity index (χ4n) is 5.41. The molecule has 2 aliphatic rings. The van der Waals surface area contributed by atoms with Gasteiger partial charge in [-0.25, -0.2) is 0 Å². The lowest BCUT2D eigenvalue weighted by Crippen LogP contribution is -2.48. The smallest absolute Gasteiger partial charge is 0.254 e. The van der Waals surface area contributed by atoms with Gasteiger partial charge in [0, 0.05) is 17.0 Å². The van der Waals surface area contributed by atoms with Gasteiger partial charge in [-0.3, -0.25) is 9.59 Å². The second kappa shape index (κ2) is 9.14. The van der Waals surface area contributed by atoms with E-state index in [0.29, 0.717) is 18.0 Å². The van der Waals surface area contributed by atoms with E-state index in [4.69, 9.17) is 0 Å². The number of thiophene rings is 1. The van der Waals surface area contributed by atoms with Gasteiger partial charge in [0.15, 0.2) is 0 Å². The molecule has 0 saturated carbocycles. The summed E-state index contributed by atoms with van der Waals surface area (Å²) in [6.45, 7) is 4.85. The van der Waals surface area contributed by atoms with Gasteiger partial charge < -0.3 is 10.2 Å². The van der Waals surface area contributed by atoms with Crippen molar-refractivity contribution in [2.24, 2.45) is 5.92 Å². The Hall–Kier alpha value is -2.92. The van der Waals surface area contributed by atoms with Crippen molar-refractivity contribution >= 4 is 23.2 Å². The molecule has 0 unspecified atom stereocenters. The monoisotopic (exact) mass is 458 g/mol. The molecule has 2 amide bonds. The molecule has 0 fully saturated rings. The maximum atomic E-state index is 14.0. The van der Waals surface area contributed by atoms with Crippen LogP contribution in [0.25, 0.3) is 0 Å². The van der Waals surface area contributed by atoms with Crippen molar-refractivity contribution in [1.82, 2.24) is 10.2 Å². The Kier molecular flexibility index (Phi) is 6.07. The number of hydrogen-bond acceptors (Lipinski definition) is 3. The van der Waals surface area contributed by atoms with Crippen LogP contribution in [0.2, 0.25) is 0 Å². The number of benzene rings is 2. The summed E-state index contributed by atoms with van der Waals surface area (Å²) in [7, 11) is 0. The van der Waals surface area contributed by atoms with E-state index >= 15 is 0 Å². The number of rotatable bonds is 5. The van der Waals surface area contributed by atoms with Crippen LogP contribution >= 0.6 is 11.3 Å². The number of aryl methyl sites for hydroxylation is 1. The average Bonchev–Trinajstić information content (AvgIpc) is 3.35. The summed E-state index contributed by atoms with van der Waals surface area (Å²) in [6, 6.07) is 19.9. The first-order chi connectivity index (χ1) is 16.0. The summed E-state index contributed by atoms with van der Waals surface area (Å²) < 4.78 is 0. The van der Waals surface area contributed by atoms with Crippen molar-refractivity contribution in [2.75, 3.05) is 6.54 Å². The Labute approximate surface area is 199 Å². The highest BCUT2D eigenvalue weighted by Crippen LogP contribution is 2.45. The minimum Gasteiger partial charge on any atom is -0.349 e. The zero-order valence-corrected chi connectivity index (χ0v) is 20.0. The first kappa shape index (κ1) is 21.9. The Balaban J connectivity index is 1.57. The van der Waals surface area contributed by atoms with E-state index in [1.165, 1.54) is 11.1 Å². The molecule has 1 aromatic heterocycles. The second-order valence-electron chi connectivity index (χ2n) is 9.53. The van der Waals surface area contributed by atoms with E-state index in [9.17, 15) is 9.59 Å². The standard InChI is InChI=1S/C28H30N2O2S/c1-18(2)17-30-26(24-15-8-16-33-24)25(21-12-5-6-13-22(21)28(30)32)27(31)29-23-14-7-10-19-9-3-4-11-20(19)23/h3-6,8-9,11-13,15-16,18,23,25-26H,7,10,14,17H2,1-2H3,(H,29,31)/t23-,25-,26+/m0/s1. The van der Waals surface area contributed by atoms with Gasteiger partial charge in [0.05, 0.1) is 18.0 Å². The topological polar surface area (TPSA) is 49.4 Å². The maximum absolute atomic E-state index is 14.0. The number of nitrogens with one attached hydrogen (secondary N) is 1. The molecular weight excluding hydrogens is 428 g/mol. The van der Waals surface area contributed by atoms with Crippen molar-refractivity contribution in [2.45, 2.75) is 51.1 Å². The molecule has 0 radical (unpaired) electrons. The highest BCUT2D eigenvalue weighted by atomic mass is 32.1. The first-order valence-electron chi connectivity index (χ1n) is 11.9. The van der Waals surface area contributed by atoms with Gasteiger partial charge >= 0.3 is 0 Å². The Morgan fingerprint density at radius 1 is 1.06 bits per heavy atom. The van der Waals surface area contributed by atoms with Crippen LogP contribution in [0.5, 0.6) is 0 Å². The van der Waals surface area contributed by atoms with Crippen molar-refractivity contribution in [3.8, 4) is 0 Å². The number of hydrogen-bond donors (Lipinski definition) is 1. The van der Waals surface area contributed by atoms with E-state index in [-0.39, 0.29) is 23.9 Å². The Bertz CT molecular complexity index is 1150. The number of amides is 2. The SMILES string of the molecule is CC(C)CN1C(=O)c2ccccc2[C@H](C(=O)N[C@H]2CCCc3ccccc32)[C@H]1c1cccs1. The normalized spacial score (nSPS) is 22.1. The molecule has 0 spiro atoms. The first-order valence-corrected chi connectivity index (χ1v) is 12.7. The van der Waals surface area contributed by atoms with Crippen LogP contribution in [0.1, 0.15) is 76.6 Å². The van der Waals surface area contributed by atoms with E-state index in [2.05, 4.69) is 49.5 Å². The fourth-order valence-corrected chi connectivity index (χ4v) is 6.29. The Morgan fingerprint density at radius 3 is 2.58 bits per heavy atom. The highest BCUT2D eigenvalue weighted by Gasteiger charge is 2.45. The third-order valence-electron chi connectivity index (χ3n) is 6.80. The van der Waals surface area contributed by atoms with Crippen molar-refractivity contribution < 1.29 is 9.59 Å². The quantitative estimate of drug-likeness (QED) is 0.519. The van der Waals surface area contributed by atoms with Crippen LogP contribution in [-0.4, -0.2) is 23.3 Å². The molecule has 2 aromatic carbocycles. The zero-order chi connectivity index (χ0) is 22.9. The molecule has 33 heavy (non-hydrogen) atoms. The summed E-state index contributed by atoms with van der Waals surface area (Å²) in [5, 5.41) is 5.42. The van der Waals surface area contributed by atoms with E-state index in [1.54, 1.807) is 11.3 Å². The van der Waals surface area contributed by atoms with Gasteiger partial charge in [0.2, 0.25) is 5.91 Å². The summed E-state index contributed by atoms with van der Waals surface area (Å²) >= 11 is 1.62. The molecule has 0 bridgehead atoms. The lowest BCUT2D eigenvalue weighted by molar-refractivity contribution is -0.125. The lowest BCUT2D eigenvalue weighted by Gasteiger charge is -2.42. The third-order valence-corrected chi connectivity index (χ3v) is 7.75. The molecule has 3 aromatic rings. The number of nitrogens with zero attached hydrogens (tertiary/aromatic N) is 1. The van der Waals surface area contributed by atoms with Gasteiger partial charge in [0.1, 0.15) is 0 Å². The van der Waals surface area contributed by atoms with Crippen molar-refractivity contribution in [1.29, 1.82) is 0 Å². The number of carbonyl (C=O) groups excluding carboxylic acids is 2. The molecule has 3 atom stereocenters. The predicted molar refractivity (Wildman–Crippen MR) is 132 cm³/mol. The third kappa shape index (κ3) is 4.10. The molecule has 5 heteroatoms. The molecule has 1 N–H and O–H groups in total. The van der Waals surface area contributed by atoms with E-state index in [1.807, 2.05) is 40.6 Å². The van der Waals surface area contributed by atoms with Crippen LogP contribution in [0.15, 0.2) is 66.0 Å². The largest absolute Gasteiger partial charge is 0.349 e. The molecule has 4 nitrogen and oxygen atoms in total. The molecule has 170 valence electrons. The molecule has 2 heterocycles. The second-order valence-corrected chi connectivity index (χ2v) is 10.5. The number of fused-ring (bicyclic) bond motifs is 2. The average molecular weight is 459 g/mol. The minimum atomic E-state index is -0.439. The maximum Gasteiger partial charge on any atom is 0.254 e. The van der Waals surface area contributed by atoms with Crippen LogP contribution < -0.4 is 5.32 Å². The zero-order valence-electron chi connectivity index (χ0n) is 19.2. The van der Waals surface area contributed by atoms with Gasteiger partial charge in [-0.2, -0.15) is 0 Å². The Morgan fingerprint density at radius 2 is 1.82 bits per heavy atom. The van der Waals surface area contributed by atoms with Crippen LogP contribution in [-0.2, 0) is 11.2 Å². The van der Waals surface area contributed by atoms with E-state index in [0.717, 1.165) is 29.7 Å². The molecule has 1 aliphatic heterocycles. The van der Waals surface area contributed by atoms with Gasteiger partial charge in [0.25, 0.3) is 5.91 Å². The van der Waals surface area contributed by atoms with Crippen LogP contribution in [0.4, 0.5) is 0 Å². The predicted octanol–water partition coefficient (Wildman–Crippen LogP) is 5.88. The molecule has 5 rings (SSSR count). The van der Waals surface area contributed by atoms with E-state index < -0.39 is 5.92 Å². The molecule has 1 aliphatic carbocycles. The summed E-state index contributed by atoms with van der Waals surface area (Å²) in [4.78, 5) is 30.6. The molecule has 0 saturated heterocycles. The molecular formula is C28H30N2O2S. The van der Waals surface area contributed by atoms with Gasteiger partial charge in [-0.1, -0.05) is 62.4 Å². The highest BCUT2D eigenvalue weighted by molar-refractivity contribution is 7.10. The summed E-state index contributed by atoms with van der Waals surface area (Å²) in [5.41, 5.74) is 4.03. The summed E-state index contributed by atoms with van der Waals surface area (Å²) in [6.07, 6.45) is 3.06. The number of carbonyl (C=O) groups is 2. The van der Waals surface area contributed by atoms with Crippen molar-refractivity contribution in [3.05, 3.63) is 93.2 Å². The van der Waals surface area contributed by atoms with Crippen LogP contribution in [0, 0.1) is 5.92 Å². The summed E-state index contributed by atoms with van der Waals surface area (Å²) in [5.74, 6) is -0.116. The lowest BCUT2D eigenvalue weighted by atomic mass is 9.80. The fraction of sp³-hybridized carbons (Fsp3) is 0.357. The van der Waals surface area contributed by atoms with Gasteiger partial charge in [-0.15, -0.1) is 11.3 Å². The van der Waals surface area contributed by atoms with Crippen LogP contribution in [0.3, 0.4) is 0 Å². The minimum absolute atomic E-state index is 0.00353. The van der Waals surface area contributed by atoms with Crippen molar-refractivity contribution in [3.63, 3.8) is 0 Å². The van der Waals surface area contributed by atoms with Gasteiger partial charge in [-0.05, 0) is 59.4 Å².